The van der Waals surface area contributed by atoms with Crippen LogP contribution in [-0.2, 0) is 9.47 Å². The maximum Gasteiger partial charge on any atom is 0.406 e. The van der Waals surface area contributed by atoms with Crippen molar-refractivity contribution < 1.29 is 29.6 Å². The number of hydrogen-bond donors (Lipinski definition) is 4. The Labute approximate surface area is 80.2 Å². The van der Waals surface area contributed by atoms with E-state index in [2.05, 4.69) is 10.1 Å². The first kappa shape index (κ1) is 11.2. The lowest BCUT2D eigenvalue weighted by Crippen LogP contribution is -2.39. The molecule has 4 N–H and O–H groups in total. The van der Waals surface area contributed by atoms with Gasteiger partial charge < -0.3 is 30.1 Å². The number of ether oxygens (including phenoxy) is 2. The number of carbonyl (C=O) groups excluding carboxylic acids is 1. The van der Waals surface area contributed by atoms with E-state index in [9.17, 15) is 9.90 Å². The number of methoxy groups -OCH3 is 1. The molecule has 1 fully saturated rings. The van der Waals surface area contributed by atoms with Gasteiger partial charge in [0.25, 0.3) is 0 Å². The minimum Gasteiger partial charge on any atom is -0.453 e. The van der Waals surface area contributed by atoms with E-state index in [0.29, 0.717) is 0 Å². The summed E-state index contributed by atoms with van der Waals surface area (Å²) in [5, 5.41) is 29.6. The second-order valence-corrected chi connectivity index (χ2v) is 2.92. The van der Waals surface area contributed by atoms with Crippen LogP contribution in [0.1, 0.15) is 0 Å². The first-order valence-electron chi connectivity index (χ1n) is 4.07. The van der Waals surface area contributed by atoms with Crippen LogP contribution < -0.4 is 5.32 Å². The molecule has 1 amide bonds. The van der Waals surface area contributed by atoms with Crippen molar-refractivity contribution in [1.29, 1.82) is 0 Å². The standard InChI is InChI=1S/C7H13NO6/c1-13-7(12)8-2-3-4(9)5(10)6(11)14-3/h3-6,9-11H,2H2,1H3,(H,8,12)/t3-,4-,5+,6+/m0/s1. The summed E-state index contributed by atoms with van der Waals surface area (Å²) < 4.78 is 9.05. The zero-order valence-electron chi connectivity index (χ0n) is 7.58. The van der Waals surface area contributed by atoms with Crippen LogP contribution in [0.5, 0.6) is 0 Å². The average molecular weight is 207 g/mol. The molecule has 1 aliphatic rings. The number of nitrogens with one attached hydrogen (secondary N) is 1. The van der Waals surface area contributed by atoms with Crippen LogP contribution in [0.4, 0.5) is 4.79 Å². The molecule has 1 aliphatic heterocycles. The van der Waals surface area contributed by atoms with E-state index in [1.807, 2.05) is 0 Å². The number of aliphatic hydroxyl groups excluding tert-OH is 3. The summed E-state index contributed by atoms with van der Waals surface area (Å²) in [6.07, 6.45) is -5.49. The maximum absolute atomic E-state index is 10.6. The molecule has 0 unspecified atom stereocenters. The van der Waals surface area contributed by atoms with Crippen LogP contribution in [0.2, 0.25) is 0 Å². The van der Waals surface area contributed by atoms with Crippen molar-refractivity contribution in [2.24, 2.45) is 0 Å². The van der Waals surface area contributed by atoms with E-state index in [0.717, 1.165) is 0 Å². The summed E-state index contributed by atoms with van der Waals surface area (Å²) in [5.41, 5.74) is 0. The summed E-state index contributed by atoms with van der Waals surface area (Å²) in [5.74, 6) is 0. The fourth-order valence-electron chi connectivity index (χ4n) is 1.15. The van der Waals surface area contributed by atoms with Crippen LogP contribution in [0.25, 0.3) is 0 Å². The minimum absolute atomic E-state index is 0.0397. The van der Waals surface area contributed by atoms with Gasteiger partial charge in [-0.25, -0.2) is 4.79 Å². The van der Waals surface area contributed by atoms with Gasteiger partial charge in [0.1, 0.15) is 18.3 Å². The third-order valence-corrected chi connectivity index (χ3v) is 1.97. The molecule has 1 heterocycles. The Kier molecular flexibility index (Phi) is 3.64. The normalized spacial score (nSPS) is 36.9. The predicted molar refractivity (Wildman–Crippen MR) is 43.3 cm³/mol. The highest BCUT2D eigenvalue weighted by Gasteiger charge is 2.41. The number of hydrogen-bond acceptors (Lipinski definition) is 6. The molecule has 0 saturated carbocycles. The predicted octanol–water partition coefficient (Wildman–Crippen LogP) is -2.22. The molecule has 4 atom stereocenters. The highest BCUT2D eigenvalue weighted by atomic mass is 16.6. The average Bonchev–Trinajstić information content (AvgIpc) is 2.42. The molecule has 0 aliphatic carbocycles. The number of aliphatic hydroxyl groups is 3. The number of rotatable bonds is 2. The Morgan fingerprint density at radius 3 is 2.50 bits per heavy atom. The summed E-state index contributed by atoms with van der Waals surface area (Å²) in [7, 11) is 1.20. The molecule has 0 aromatic heterocycles. The molecule has 0 aromatic rings. The number of alkyl carbamates (subject to hydrolysis) is 1. The van der Waals surface area contributed by atoms with E-state index >= 15 is 0 Å². The Morgan fingerprint density at radius 2 is 2.07 bits per heavy atom. The maximum atomic E-state index is 10.6. The Bertz CT molecular complexity index is 210. The van der Waals surface area contributed by atoms with Crippen LogP contribution in [-0.4, -0.2) is 59.7 Å². The topological polar surface area (TPSA) is 108 Å². The third-order valence-electron chi connectivity index (χ3n) is 1.97. The van der Waals surface area contributed by atoms with Crippen LogP contribution in [0.15, 0.2) is 0 Å². The summed E-state index contributed by atoms with van der Waals surface area (Å²) in [6.45, 7) is -0.0397. The zero-order chi connectivity index (χ0) is 10.7. The van der Waals surface area contributed by atoms with Crippen molar-refractivity contribution in [2.75, 3.05) is 13.7 Å². The highest BCUT2D eigenvalue weighted by molar-refractivity contribution is 5.66. The van der Waals surface area contributed by atoms with Crippen molar-refractivity contribution in [2.45, 2.75) is 24.6 Å². The minimum atomic E-state index is -1.42. The van der Waals surface area contributed by atoms with Gasteiger partial charge in [0.05, 0.1) is 7.11 Å². The van der Waals surface area contributed by atoms with Gasteiger partial charge in [-0.2, -0.15) is 0 Å². The van der Waals surface area contributed by atoms with E-state index in [-0.39, 0.29) is 6.54 Å². The fraction of sp³-hybridized carbons (Fsp3) is 0.857. The van der Waals surface area contributed by atoms with Gasteiger partial charge in [-0.1, -0.05) is 0 Å². The SMILES string of the molecule is COC(=O)NC[C@@H]1O[C@@H](O)[C@H](O)[C@H]1O. The van der Waals surface area contributed by atoms with Crippen molar-refractivity contribution in [1.82, 2.24) is 5.32 Å². The van der Waals surface area contributed by atoms with Gasteiger partial charge in [0, 0.05) is 6.54 Å². The summed E-state index contributed by atoms with van der Waals surface area (Å²) in [6, 6.07) is 0. The molecule has 82 valence electrons. The van der Waals surface area contributed by atoms with Crippen molar-refractivity contribution in [3.63, 3.8) is 0 Å². The quantitative estimate of drug-likeness (QED) is 0.408. The first-order valence-corrected chi connectivity index (χ1v) is 4.07. The second-order valence-electron chi connectivity index (χ2n) is 2.92. The molecule has 0 spiro atoms. The van der Waals surface area contributed by atoms with Gasteiger partial charge in [0.15, 0.2) is 6.29 Å². The second kappa shape index (κ2) is 4.56. The molecular formula is C7H13NO6. The molecule has 0 radical (unpaired) electrons. The van der Waals surface area contributed by atoms with Crippen LogP contribution in [0.3, 0.4) is 0 Å². The lowest BCUT2D eigenvalue weighted by molar-refractivity contribution is -0.126. The van der Waals surface area contributed by atoms with Crippen LogP contribution >= 0.6 is 0 Å². The van der Waals surface area contributed by atoms with Gasteiger partial charge >= 0.3 is 6.09 Å². The Morgan fingerprint density at radius 1 is 1.43 bits per heavy atom. The van der Waals surface area contributed by atoms with E-state index in [4.69, 9.17) is 14.9 Å². The highest BCUT2D eigenvalue weighted by Crippen LogP contribution is 2.18. The lowest BCUT2D eigenvalue weighted by atomic mass is 10.1. The zero-order valence-corrected chi connectivity index (χ0v) is 7.58. The molecular weight excluding hydrogens is 194 g/mol. The number of carbonyl (C=O) groups is 1. The third kappa shape index (κ3) is 2.32. The Hall–Kier alpha value is -0.890. The summed E-state index contributed by atoms with van der Waals surface area (Å²) >= 11 is 0. The summed E-state index contributed by atoms with van der Waals surface area (Å²) in [4.78, 5) is 10.6. The van der Waals surface area contributed by atoms with Gasteiger partial charge in [-0.3, -0.25) is 0 Å². The largest absolute Gasteiger partial charge is 0.453 e. The van der Waals surface area contributed by atoms with E-state index in [1.165, 1.54) is 7.11 Å². The molecule has 0 aromatic carbocycles. The van der Waals surface area contributed by atoms with Gasteiger partial charge in [0.2, 0.25) is 0 Å². The fourth-order valence-corrected chi connectivity index (χ4v) is 1.15. The smallest absolute Gasteiger partial charge is 0.406 e. The van der Waals surface area contributed by atoms with Crippen molar-refractivity contribution in [3.8, 4) is 0 Å². The molecule has 1 rings (SSSR count). The molecule has 14 heavy (non-hydrogen) atoms. The van der Waals surface area contributed by atoms with E-state index < -0.39 is 30.7 Å². The van der Waals surface area contributed by atoms with E-state index in [1.54, 1.807) is 0 Å². The first-order chi connectivity index (χ1) is 6.56. The van der Waals surface area contributed by atoms with Gasteiger partial charge in [-0.05, 0) is 0 Å². The molecule has 7 heteroatoms. The monoisotopic (exact) mass is 207 g/mol. The van der Waals surface area contributed by atoms with Gasteiger partial charge in [-0.15, -0.1) is 0 Å². The van der Waals surface area contributed by atoms with Crippen molar-refractivity contribution >= 4 is 6.09 Å². The molecule has 7 nitrogen and oxygen atoms in total. The van der Waals surface area contributed by atoms with Crippen molar-refractivity contribution in [3.05, 3.63) is 0 Å². The Balaban J connectivity index is 2.36. The lowest BCUT2D eigenvalue weighted by Gasteiger charge is -2.13. The molecule has 1 saturated heterocycles. The number of amides is 1. The van der Waals surface area contributed by atoms with Crippen LogP contribution in [0, 0.1) is 0 Å². The molecule has 0 bridgehead atoms.